The van der Waals surface area contributed by atoms with Gasteiger partial charge in [-0.25, -0.2) is 4.79 Å². The number of aliphatic carboxylic acids is 1. The Morgan fingerprint density at radius 3 is 2.44 bits per heavy atom. The molecule has 3 nitrogen and oxygen atoms in total. The fourth-order valence-electron chi connectivity index (χ4n) is 1.48. The summed E-state index contributed by atoms with van der Waals surface area (Å²) in [5, 5.41) is 9.14. The Labute approximate surface area is 93.1 Å². The summed E-state index contributed by atoms with van der Waals surface area (Å²) in [6.07, 6.45) is 3.38. The van der Waals surface area contributed by atoms with Crippen LogP contribution in [0.15, 0.2) is 48.7 Å². The summed E-state index contributed by atoms with van der Waals surface area (Å²) in [4.78, 5) is 14.1. The first-order valence-electron chi connectivity index (χ1n) is 4.91. The molecule has 0 unspecified atom stereocenters. The lowest BCUT2D eigenvalue weighted by Gasteiger charge is -2.01. The van der Waals surface area contributed by atoms with Gasteiger partial charge in [0, 0.05) is 11.9 Å². The maximum Gasteiger partial charge on any atom is 0.336 e. The van der Waals surface area contributed by atoms with Crippen LogP contribution in [-0.4, -0.2) is 16.1 Å². The highest BCUT2D eigenvalue weighted by Gasteiger charge is 2.09. The molecule has 0 fully saturated rings. The quantitative estimate of drug-likeness (QED) is 0.770. The molecule has 0 aliphatic heterocycles. The Hall–Kier alpha value is -2.29. The van der Waals surface area contributed by atoms with Crippen LogP contribution in [0.25, 0.3) is 11.6 Å². The van der Waals surface area contributed by atoms with E-state index in [-0.39, 0.29) is 5.57 Å². The molecule has 16 heavy (non-hydrogen) atoms. The van der Waals surface area contributed by atoms with E-state index in [0.29, 0.717) is 5.56 Å². The summed E-state index contributed by atoms with van der Waals surface area (Å²) >= 11 is 0. The van der Waals surface area contributed by atoms with Gasteiger partial charge in [-0.1, -0.05) is 30.3 Å². The number of hydrogen-bond donors (Lipinski definition) is 2. The SMILES string of the molecule is O=C(O)/C(=C\c1ccc[nH]1)c1ccccc1. The van der Waals surface area contributed by atoms with Crippen molar-refractivity contribution in [2.24, 2.45) is 0 Å². The second-order valence-electron chi connectivity index (χ2n) is 3.35. The third-order valence-corrected chi connectivity index (χ3v) is 2.24. The number of carbonyl (C=O) groups is 1. The second kappa shape index (κ2) is 4.49. The molecule has 0 aliphatic rings. The van der Waals surface area contributed by atoms with Gasteiger partial charge in [-0.05, 0) is 23.8 Å². The molecule has 80 valence electrons. The maximum atomic E-state index is 11.1. The molecule has 3 heteroatoms. The number of aromatic amines is 1. The lowest BCUT2D eigenvalue weighted by Crippen LogP contribution is -1.99. The molecule has 2 N–H and O–H groups in total. The van der Waals surface area contributed by atoms with Gasteiger partial charge in [0.25, 0.3) is 0 Å². The highest BCUT2D eigenvalue weighted by molar-refractivity contribution is 6.20. The Morgan fingerprint density at radius 2 is 1.88 bits per heavy atom. The minimum Gasteiger partial charge on any atom is -0.478 e. The zero-order valence-corrected chi connectivity index (χ0v) is 8.55. The van der Waals surface area contributed by atoms with Gasteiger partial charge in [0.1, 0.15) is 0 Å². The first kappa shape index (κ1) is 10.2. The van der Waals surface area contributed by atoms with E-state index in [0.717, 1.165) is 5.69 Å². The van der Waals surface area contributed by atoms with E-state index >= 15 is 0 Å². The van der Waals surface area contributed by atoms with Crippen molar-refractivity contribution < 1.29 is 9.90 Å². The van der Waals surface area contributed by atoms with Crippen LogP contribution in [0.2, 0.25) is 0 Å². The van der Waals surface area contributed by atoms with E-state index in [1.165, 1.54) is 0 Å². The van der Waals surface area contributed by atoms with E-state index < -0.39 is 5.97 Å². The fraction of sp³-hybridized carbons (Fsp3) is 0. The van der Waals surface area contributed by atoms with E-state index in [4.69, 9.17) is 5.11 Å². The smallest absolute Gasteiger partial charge is 0.336 e. The maximum absolute atomic E-state index is 11.1. The molecule has 0 bridgehead atoms. The minimum absolute atomic E-state index is 0.281. The fourth-order valence-corrected chi connectivity index (χ4v) is 1.48. The van der Waals surface area contributed by atoms with Crippen molar-refractivity contribution in [1.82, 2.24) is 4.98 Å². The van der Waals surface area contributed by atoms with Crippen molar-refractivity contribution in [1.29, 1.82) is 0 Å². The van der Waals surface area contributed by atoms with Gasteiger partial charge in [-0.15, -0.1) is 0 Å². The topological polar surface area (TPSA) is 53.1 Å². The number of carboxylic acid groups (broad SMARTS) is 1. The van der Waals surface area contributed by atoms with Crippen LogP contribution in [0, 0.1) is 0 Å². The summed E-state index contributed by atoms with van der Waals surface area (Å²) in [5.41, 5.74) is 1.76. The van der Waals surface area contributed by atoms with Crippen LogP contribution in [0.4, 0.5) is 0 Å². The van der Waals surface area contributed by atoms with Gasteiger partial charge in [0.15, 0.2) is 0 Å². The molecule has 0 radical (unpaired) electrons. The average Bonchev–Trinajstić information content (AvgIpc) is 2.79. The summed E-state index contributed by atoms with van der Waals surface area (Å²) in [6.45, 7) is 0. The number of hydrogen-bond acceptors (Lipinski definition) is 1. The molecular formula is C13H11NO2. The minimum atomic E-state index is -0.930. The van der Waals surface area contributed by atoms with Crippen LogP contribution in [0.3, 0.4) is 0 Å². The van der Waals surface area contributed by atoms with Gasteiger partial charge in [0.05, 0.1) is 5.57 Å². The van der Waals surface area contributed by atoms with Gasteiger partial charge in [0.2, 0.25) is 0 Å². The molecule has 1 aromatic carbocycles. The molecule has 2 aromatic rings. The molecule has 0 amide bonds. The summed E-state index contributed by atoms with van der Waals surface area (Å²) < 4.78 is 0. The van der Waals surface area contributed by atoms with Crippen molar-refractivity contribution >= 4 is 17.6 Å². The number of carboxylic acids is 1. The molecule has 0 saturated heterocycles. The molecule has 0 aliphatic carbocycles. The third-order valence-electron chi connectivity index (χ3n) is 2.24. The van der Waals surface area contributed by atoms with Crippen LogP contribution < -0.4 is 0 Å². The Bertz CT molecular complexity index is 498. The molecular weight excluding hydrogens is 202 g/mol. The highest BCUT2D eigenvalue weighted by atomic mass is 16.4. The van der Waals surface area contributed by atoms with E-state index in [2.05, 4.69) is 4.98 Å². The van der Waals surface area contributed by atoms with E-state index in [9.17, 15) is 4.79 Å². The van der Waals surface area contributed by atoms with E-state index in [1.54, 1.807) is 24.4 Å². The monoisotopic (exact) mass is 213 g/mol. The average molecular weight is 213 g/mol. The Balaban J connectivity index is 2.43. The predicted octanol–water partition coefficient (Wildman–Crippen LogP) is 2.64. The molecule has 1 aromatic heterocycles. The van der Waals surface area contributed by atoms with Crippen molar-refractivity contribution in [3.63, 3.8) is 0 Å². The lowest BCUT2D eigenvalue weighted by atomic mass is 10.1. The van der Waals surface area contributed by atoms with Gasteiger partial charge >= 0.3 is 5.97 Å². The van der Waals surface area contributed by atoms with Gasteiger partial charge in [-0.3, -0.25) is 0 Å². The summed E-state index contributed by atoms with van der Waals surface area (Å²) in [6, 6.07) is 12.7. The largest absolute Gasteiger partial charge is 0.478 e. The highest BCUT2D eigenvalue weighted by Crippen LogP contribution is 2.17. The molecule has 0 saturated carbocycles. The van der Waals surface area contributed by atoms with Crippen molar-refractivity contribution in [3.8, 4) is 0 Å². The first-order chi connectivity index (χ1) is 7.77. The van der Waals surface area contributed by atoms with Crippen LogP contribution in [-0.2, 0) is 4.79 Å². The molecule has 0 atom stereocenters. The lowest BCUT2D eigenvalue weighted by molar-refractivity contribution is -0.130. The number of nitrogens with one attached hydrogen (secondary N) is 1. The molecule has 1 heterocycles. The summed E-state index contributed by atoms with van der Waals surface area (Å²) in [5.74, 6) is -0.930. The van der Waals surface area contributed by atoms with Crippen molar-refractivity contribution in [3.05, 3.63) is 59.9 Å². The second-order valence-corrected chi connectivity index (χ2v) is 3.35. The molecule has 0 spiro atoms. The number of rotatable bonds is 3. The van der Waals surface area contributed by atoms with E-state index in [1.807, 2.05) is 30.3 Å². The predicted molar refractivity (Wildman–Crippen MR) is 62.7 cm³/mol. The molecule has 2 rings (SSSR count). The normalized spacial score (nSPS) is 11.4. The Morgan fingerprint density at radius 1 is 1.12 bits per heavy atom. The van der Waals surface area contributed by atoms with Crippen LogP contribution >= 0.6 is 0 Å². The van der Waals surface area contributed by atoms with Gasteiger partial charge in [-0.2, -0.15) is 0 Å². The number of aromatic nitrogens is 1. The third kappa shape index (κ3) is 2.20. The Kier molecular flexibility index (Phi) is 2.87. The first-order valence-corrected chi connectivity index (χ1v) is 4.91. The van der Waals surface area contributed by atoms with Crippen LogP contribution in [0.1, 0.15) is 11.3 Å². The standard InChI is InChI=1S/C13H11NO2/c15-13(16)12(9-11-7-4-8-14-11)10-5-2-1-3-6-10/h1-9,14H,(H,15,16)/b12-9-. The zero-order chi connectivity index (χ0) is 11.4. The summed E-state index contributed by atoms with van der Waals surface area (Å²) in [7, 11) is 0. The number of benzene rings is 1. The van der Waals surface area contributed by atoms with Crippen molar-refractivity contribution in [2.75, 3.05) is 0 Å². The number of H-pyrrole nitrogens is 1. The van der Waals surface area contributed by atoms with Crippen molar-refractivity contribution in [2.45, 2.75) is 0 Å². The zero-order valence-electron chi connectivity index (χ0n) is 8.55. The van der Waals surface area contributed by atoms with Crippen LogP contribution in [0.5, 0.6) is 0 Å². The van der Waals surface area contributed by atoms with Gasteiger partial charge < -0.3 is 10.1 Å².